The highest BCUT2D eigenvalue weighted by molar-refractivity contribution is 5.52. The number of allylic oxidation sites excluding steroid dienone is 3. The average molecular weight is 489 g/mol. The van der Waals surface area contributed by atoms with Crippen LogP contribution in [0.5, 0.6) is 5.75 Å². The lowest BCUT2D eigenvalue weighted by atomic mass is 9.70. The topological polar surface area (TPSA) is 20.2 Å². The maximum Gasteiger partial charge on any atom is 0.115 e. The Morgan fingerprint density at radius 3 is 1.22 bits per heavy atom. The Labute approximate surface area is 223 Å². The summed E-state index contributed by atoms with van der Waals surface area (Å²) in [4.78, 5) is 0. The predicted molar refractivity (Wildman–Crippen MR) is 160 cm³/mol. The van der Waals surface area contributed by atoms with Gasteiger partial charge < -0.3 is 5.11 Å². The Morgan fingerprint density at radius 1 is 0.568 bits per heavy atom. The summed E-state index contributed by atoms with van der Waals surface area (Å²) in [5.41, 5.74) is 8.42. The zero-order chi connectivity index (χ0) is 27.1. The van der Waals surface area contributed by atoms with Gasteiger partial charge in [-0.25, -0.2) is 0 Å². The van der Waals surface area contributed by atoms with Gasteiger partial charge in [-0.1, -0.05) is 135 Å². The molecule has 0 radical (unpaired) electrons. The number of aryl methyl sites for hydroxylation is 2. The third kappa shape index (κ3) is 6.30. The van der Waals surface area contributed by atoms with Gasteiger partial charge in [0, 0.05) is 10.8 Å². The number of aromatic hydroxyl groups is 1. The van der Waals surface area contributed by atoms with E-state index in [1.54, 1.807) is 18.2 Å². The first kappa shape index (κ1) is 27.7. The van der Waals surface area contributed by atoms with Crippen LogP contribution < -0.4 is 0 Å². The van der Waals surface area contributed by atoms with Crippen molar-refractivity contribution in [2.75, 3.05) is 0 Å². The quantitative estimate of drug-likeness (QED) is 0.212. The number of phenols is 1. The molecule has 37 heavy (non-hydrogen) atoms. The second-order valence-electron chi connectivity index (χ2n) is 10.4. The van der Waals surface area contributed by atoms with Crippen LogP contribution in [0.3, 0.4) is 0 Å². The summed E-state index contributed by atoms with van der Waals surface area (Å²) in [6, 6.07) is 34.4. The average Bonchev–Trinajstić information content (AvgIpc) is 2.90. The van der Waals surface area contributed by atoms with Crippen molar-refractivity contribution in [3.8, 4) is 5.75 Å². The molecule has 0 heterocycles. The molecule has 1 N–H and O–H groups in total. The van der Waals surface area contributed by atoms with E-state index in [2.05, 4.69) is 114 Å². The molecule has 0 saturated heterocycles. The normalized spacial score (nSPS) is 11.6. The molecule has 4 rings (SSSR count). The predicted octanol–water partition coefficient (Wildman–Crippen LogP) is 9.44. The smallest absolute Gasteiger partial charge is 0.115 e. The summed E-state index contributed by atoms with van der Waals surface area (Å²) in [6.45, 7) is 16.5. The van der Waals surface area contributed by atoms with Gasteiger partial charge in [-0.2, -0.15) is 0 Å². The van der Waals surface area contributed by atoms with Gasteiger partial charge in [0.05, 0.1) is 0 Å². The van der Waals surface area contributed by atoms with E-state index in [1.165, 1.54) is 38.9 Å². The van der Waals surface area contributed by atoms with E-state index in [9.17, 15) is 5.11 Å². The maximum absolute atomic E-state index is 9.67. The van der Waals surface area contributed by atoms with Crippen LogP contribution in [-0.2, 0) is 10.8 Å². The van der Waals surface area contributed by atoms with Gasteiger partial charge in [-0.05, 0) is 67.6 Å². The van der Waals surface area contributed by atoms with E-state index in [0.717, 1.165) is 0 Å². The molecule has 0 bridgehead atoms. The molecule has 0 saturated carbocycles. The minimum Gasteiger partial charge on any atom is -0.508 e. The van der Waals surface area contributed by atoms with Crippen LogP contribution in [0.15, 0.2) is 122 Å². The molecule has 0 aliphatic carbocycles. The molecule has 0 aromatic heterocycles. The molecule has 0 aliphatic rings. The second-order valence-corrected chi connectivity index (χ2v) is 10.4. The highest BCUT2D eigenvalue weighted by Gasteiger charge is 2.32. The molecular weight excluding hydrogens is 448 g/mol. The number of rotatable bonds is 6. The molecule has 0 spiro atoms. The number of benzene rings is 4. The fourth-order valence-electron chi connectivity index (χ4n) is 4.67. The van der Waals surface area contributed by atoms with Crippen LogP contribution in [0.1, 0.15) is 66.6 Å². The summed E-state index contributed by atoms with van der Waals surface area (Å²) < 4.78 is 0. The van der Waals surface area contributed by atoms with E-state index in [0.29, 0.717) is 5.75 Å². The monoisotopic (exact) mass is 488 g/mol. The molecule has 4 aromatic rings. The largest absolute Gasteiger partial charge is 0.508 e. The van der Waals surface area contributed by atoms with E-state index in [4.69, 9.17) is 0 Å². The van der Waals surface area contributed by atoms with Gasteiger partial charge in [0.15, 0.2) is 0 Å². The third-order valence-corrected chi connectivity index (χ3v) is 7.36. The standard InChI is InChI=1S/C31H32O.C5H8/c1-22-6-10-26(11-7-22)31(5,27-12-8-23(2)9-13-27)28-16-14-24(15-17-28)30(3,4)25-18-20-29(32)21-19-25;1-3-5-4-2/h6-21,32H,1-5H3;3-5H,1H2,2H3/b;5-4-. The molecule has 0 unspecified atom stereocenters. The lowest BCUT2D eigenvalue weighted by Crippen LogP contribution is -2.26. The molecule has 0 atom stereocenters. The summed E-state index contributed by atoms with van der Waals surface area (Å²) in [6.07, 6.45) is 5.58. The molecule has 4 aromatic carbocycles. The third-order valence-electron chi connectivity index (χ3n) is 7.36. The molecule has 190 valence electrons. The Bertz CT molecular complexity index is 1260. The first-order chi connectivity index (χ1) is 17.6. The van der Waals surface area contributed by atoms with Gasteiger partial charge in [0.2, 0.25) is 0 Å². The SMILES string of the molecule is C=C/C=C\C.Cc1ccc(C(C)(c2ccc(C)cc2)c2ccc(C(C)(C)c3ccc(O)cc3)cc2)cc1. The molecule has 1 nitrogen and oxygen atoms in total. The van der Waals surface area contributed by atoms with Crippen molar-refractivity contribution in [3.63, 3.8) is 0 Å². The minimum absolute atomic E-state index is 0.156. The number of hydrogen-bond acceptors (Lipinski definition) is 1. The fraction of sp³-hybridized carbons (Fsp3) is 0.222. The molecule has 1 heteroatoms. The van der Waals surface area contributed by atoms with Crippen LogP contribution in [-0.4, -0.2) is 5.11 Å². The number of hydrogen-bond donors (Lipinski definition) is 1. The van der Waals surface area contributed by atoms with Crippen LogP contribution >= 0.6 is 0 Å². The zero-order valence-electron chi connectivity index (χ0n) is 23.1. The van der Waals surface area contributed by atoms with Crippen LogP contribution in [0.2, 0.25) is 0 Å². The lowest BCUT2D eigenvalue weighted by molar-refractivity contribution is 0.474. The molecule has 0 amide bonds. The van der Waals surface area contributed by atoms with Gasteiger partial charge >= 0.3 is 0 Å². The van der Waals surface area contributed by atoms with Crippen LogP contribution in [0, 0.1) is 13.8 Å². The van der Waals surface area contributed by atoms with Gasteiger partial charge in [0.25, 0.3) is 0 Å². The minimum atomic E-state index is -0.247. The summed E-state index contributed by atoms with van der Waals surface area (Å²) in [5.74, 6) is 0.298. The molecule has 0 fully saturated rings. The van der Waals surface area contributed by atoms with Crippen LogP contribution in [0.4, 0.5) is 0 Å². The van der Waals surface area contributed by atoms with Gasteiger partial charge in [0.1, 0.15) is 5.75 Å². The summed E-state index contributed by atoms with van der Waals surface area (Å²) in [7, 11) is 0. The van der Waals surface area contributed by atoms with Gasteiger partial charge in [-0.15, -0.1) is 0 Å². The van der Waals surface area contributed by atoms with Crippen molar-refractivity contribution < 1.29 is 5.11 Å². The molecule has 0 aliphatic heterocycles. The first-order valence-corrected chi connectivity index (χ1v) is 12.9. The lowest BCUT2D eigenvalue weighted by Gasteiger charge is -2.33. The van der Waals surface area contributed by atoms with E-state index < -0.39 is 0 Å². The Kier molecular flexibility index (Phi) is 8.95. The highest BCUT2D eigenvalue weighted by Crippen LogP contribution is 2.40. The Hall–Kier alpha value is -3.84. The van der Waals surface area contributed by atoms with Gasteiger partial charge in [-0.3, -0.25) is 0 Å². The Balaban J connectivity index is 0.000000695. The Morgan fingerprint density at radius 2 is 0.892 bits per heavy atom. The van der Waals surface area contributed by atoms with E-state index in [-0.39, 0.29) is 10.8 Å². The van der Waals surface area contributed by atoms with Crippen molar-refractivity contribution in [1.82, 2.24) is 0 Å². The van der Waals surface area contributed by atoms with Crippen molar-refractivity contribution in [1.29, 1.82) is 0 Å². The summed E-state index contributed by atoms with van der Waals surface area (Å²) >= 11 is 0. The van der Waals surface area contributed by atoms with Crippen molar-refractivity contribution in [2.24, 2.45) is 0 Å². The van der Waals surface area contributed by atoms with E-state index >= 15 is 0 Å². The number of phenolic OH excluding ortho intramolecular Hbond substituents is 1. The maximum atomic E-state index is 9.67. The van der Waals surface area contributed by atoms with Crippen molar-refractivity contribution in [3.05, 3.63) is 161 Å². The first-order valence-electron chi connectivity index (χ1n) is 12.9. The van der Waals surface area contributed by atoms with Crippen molar-refractivity contribution in [2.45, 2.75) is 52.4 Å². The summed E-state index contributed by atoms with van der Waals surface area (Å²) in [5, 5.41) is 9.67. The van der Waals surface area contributed by atoms with E-state index in [1.807, 2.05) is 31.2 Å². The highest BCUT2D eigenvalue weighted by atomic mass is 16.3. The van der Waals surface area contributed by atoms with Crippen molar-refractivity contribution >= 4 is 0 Å². The molecular formula is C36H40O. The second kappa shape index (κ2) is 11.9. The fourth-order valence-corrected chi connectivity index (χ4v) is 4.67. The van der Waals surface area contributed by atoms with Crippen LogP contribution in [0.25, 0.3) is 0 Å². The zero-order valence-corrected chi connectivity index (χ0v) is 23.1.